The molecule has 2 fully saturated rings. The Morgan fingerprint density at radius 1 is 1.54 bits per heavy atom. The van der Waals surface area contributed by atoms with Crippen molar-refractivity contribution < 1.29 is 14.3 Å². The lowest BCUT2D eigenvalue weighted by atomic mass is 10.4. The molecule has 74 valence electrons. The van der Waals surface area contributed by atoms with Crippen LogP contribution < -0.4 is 16.0 Å². The zero-order chi connectivity index (χ0) is 9.10. The largest absolute Gasteiger partial charge is 0.428 e. The lowest BCUT2D eigenvalue weighted by Crippen LogP contribution is -2.54. The molecule has 2 saturated heterocycles. The maximum absolute atomic E-state index is 10.7. The van der Waals surface area contributed by atoms with E-state index in [-0.39, 0.29) is 18.5 Å². The van der Waals surface area contributed by atoms with Gasteiger partial charge in [-0.15, -0.1) is 0 Å². The highest BCUT2D eigenvalue weighted by Crippen LogP contribution is 1.98. The van der Waals surface area contributed by atoms with Crippen LogP contribution in [-0.2, 0) is 9.47 Å². The number of morpholine rings is 1. The van der Waals surface area contributed by atoms with Crippen LogP contribution in [-0.4, -0.2) is 44.8 Å². The van der Waals surface area contributed by atoms with Crippen LogP contribution in [0.25, 0.3) is 0 Å². The third-order valence-corrected chi connectivity index (χ3v) is 1.99. The average molecular weight is 187 g/mol. The topological polar surface area (TPSA) is 71.6 Å². The number of carbonyl (C=O) groups is 1. The van der Waals surface area contributed by atoms with Crippen LogP contribution in [0, 0.1) is 0 Å². The van der Waals surface area contributed by atoms with Gasteiger partial charge in [0.15, 0.2) is 6.23 Å². The van der Waals surface area contributed by atoms with Gasteiger partial charge in [0, 0.05) is 6.54 Å². The summed E-state index contributed by atoms with van der Waals surface area (Å²) in [6, 6.07) is 0. The van der Waals surface area contributed by atoms with Gasteiger partial charge in [0.05, 0.1) is 25.9 Å². The van der Waals surface area contributed by atoms with Crippen molar-refractivity contribution in [3.8, 4) is 0 Å². The van der Waals surface area contributed by atoms with E-state index in [0.29, 0.717) is 13.2 Å². The fourth-order valence-corrected chi connectivity index (χ4v) is 1.38. The Morgan fingerprint density at radius 2 is 2.46 bits per heavy atom. The zero-order valence-electron chi connectivity index (χ0n) is 7.21. The van der Waals surface area contributed by atoms with E-state index in [0.717, 1.165) is 13.2 Å². The summed E-state index contributed by atoms with van der Waals surface area (Å²) in [6.07, 6.45) is -0.535. The molecule has 0 aromatic heterocycles. The third-order valence-electron chi connectivity index (χ3n) is 1.99. The Kier molecular flexibility index (Phi) is 2.62. The van der Waals surface area contributed by atoms with Gasteiger partial charge >= 0.3 is 6.09 Å². The first-order valence-corrected chi connectivity index (χ1v) is 4.36. The zero-order valence-corrected chi connectivity index (χ0v) is 7.21. The normalized spacial score (nSPS) is 34.0. The minimum Gasteiger partial charge on any atom is -0.428 e. The van der Waals surface area contributed by atoms with Gasteiger partial charge < -0.3 is 14.8 Å². The van der Waals surface area contributed by atoms with E-state index in [1.807, 2.05) is 0 Å². The molecule has 2 aliphatic heterocycles. The Bertz CT molecular complexity index is 193. The number of alkyl carbamates (subject to hydrolysis) is 1. The minimum atomic E-state index is -0.366. The number of ether oxygens (including phenoxy) is 2. The molecular formula is C7H13N3O3. The van der Waals surface area contributed by atoms with E-state index in [2.05, 4.69) is 16.0 Å². The van der Waals surface area contributed by atoms with Crippen LogP contribution in [0.5, 0.6) is 0 Å². The molecule has 2 rings (SSSR count). The molecule has 2 unspecified atom stereocenters. The van der Waals surface area contributed by atoms with Gasteiger partial charge in [-0.1, -0.05) is 0 Å². The van der Waals surface area contributed by atoms with Crippen LogP contribution >= 0.6 is 0 Å². The predicted octanol–water partition coefficient (Wildman–Crippen LogP) is -1.41. The van der Waals surface area contributed by atoms with Crippen LogP contribution in [0.3, 0.4) is 0 Å². The second-order valence-electron chi connectivity index (χ2n) is 3.02. The highest BCUT2D eigenvalue weighted by molar-refractivity contribution is 5.69. The van der Waals surface area contributed by atoms with Gasteiger partial charge in [-0.2, -0.15) is 0 Å². The Labute approximate surface area is 76.0 Å². The Hall–Kier alpha value is -0.850. The van der Waals surface area contributed by atoms with Crippen LogP contribution in [0.15, 0.2) is 0 Å². The van der Waals surface area contributed by atoms with Crippen molar-refractivity contribution in [1.29, 1.82) is 0 Å². The number of hydrogen-bond donors (Lipinski definition) is 3. The number of nitrogens with one attached hydrogen (secondary N) is 3. The second kappa shape index (κ2) is 3.91. The molecule has 13 heavy (non-hydrogen) atoms. The molecule has 0 spiro atoms. The van der Waals surface area contributed by atoms with Gasteiger partial charge in [-0.3, -0.25) is 10.6 Å². The van der Waals surface area contributed by atoms with Crippen LogP contribution in [0.4, 0.5) is 4.79 Å². The van der Waals surface area contributed by atoms with Crippen LogP contribution in [0.1, 0.15) is 0 Å². The first-order valence-electron chi connectivity index (χ1n) is 4.36. The van der Waals surface area contributed by atoms with Crippen molar-refractivity contribution in [3.63, 3.8) is 0 Å². The minimum absolute atomic E-state index is 0.0754. The van der Waals surface area contributed by atoms with Gasteiger partial charge in [0.1, 0.15) is 0 Å². The highest BCUT2D eigenvalue weighted by atomic mass is 16.6. The first-order chi connectivity index (χ1) is 6.34. The molecule has 0 aromatic carbocycles. The summed E-state index contributed by atoms with van der Waals surface area (Å²) in [5.74, 6) is 0. The third kappa shape index (κ3) is 2.30. The maximum Gasteiger partial charge on any atom is 0.408 e. The Morgan fingerprint density at radius 3 is 3.08 bits per heavy atom. The van der Waals surface area contributed by atoms with Gasteiger partial charge in [-0.25, -0.2) is 4.79 Å². The number of rotatable bonds is 2. The van der Waals surface area contributed by atoms with E-state index in [1.165, 1.54) is 0 Å². The molecule has 3 N–H and O–H groups in total. The van der Waals surface area contributed by atoms with E-state index < -0.39 is 0 Å². The fraction of sp³-hybridized carbons (Fsp3) is 0.857. The Balaban J connectivity index is 1.73. The van der Waals surface area contributed by atoms with Gasteiger partial charge in [0.25, 0.3) is 0 Å². The molecule has 0 bridgehead atoms. The summed E-state index contributed by atoms with van der Waals surface area (Å²) < 4.78 is 10.1. The molecule has 6 heteroatoms. The van der Waals surface area contributed by atoms with Crippen molar-refractivity contribution in [3.05, 3.63) is 0 Å². The first kappa shape index (κ1) is 8.74. The van der Waals surface area contributed by atoms with E-state index in [4.69, 9.17) is 9.47 Å². The number of cyclic esters (lactones) is 1. The van der Waals surface area contributed by atoms with E-state index >= 15 is 0 Å². The SMILES string of the molecule is O=C1NCC(NC2COCCN2)O1. The summed E-state index contributed by atoms with van der Waals surface area (Å²) >= 11 is 0. The predicted molar refractivity (Wildman–Crippen MR) is 44.0 cm³/mol. The van der Waals surface area contributed by atoms with Crippen molar-refractivity contribution in [2.24, 2.45) is 0 Å². The molecule has 1 amide bonds. The van der Waals surface area contributed by atoms with Crippen molar-refractivity contribution in [1.82, 2.24) is 16.0 Å². The molecule has 0 saturated carbocycles. The molecule has 0 aliphatic carbocycles. The summed E-state index contributed by atoms with van der Waals surface area (Å²) in [5.41, 5.74) is 0. The number of carbonyl (C=O) groups excluding carboxylic acids is 1. The average Bonchev–Trinajstić information content (AvgIpc) is 2.53. The molecule has 0 aromatic rings. The number of hydrogen-bond acceptors (Lipinski definition) is 5. The van der Waals surface area contributed by atoms with E-state index in [1.54, 1.807) is 0 Å². The molecular weight excluding hydrogens is 174 g/mol. The maximum atomic E-state index is 10.7. The molecule has 2 atom stereocenters. The molecule has 2 heterocycles. The quantitative estimate of drug-likeness (QED) is 0.495. The standard InChI is InChI=1S/C7H13N3O3/c11-7-9-3-6(13-7)10-5-4-12-2-1-8-5/h5-6,8,10H,1-4H2,(H,9,11). The molecule has 2 aliphatic rings. The lowest BCUT2D eigenvalue weighted by molar-refractivity contribution is 0.0373. The summed E-state index contributed by atoms with van der Waals surface area (Å²) in [6.45, 7) is 2.68. The summed E-state index contributed by atoms with van der Waals surface area (Å²) in [5, 5.41) is 8.88. The summed E-state index contributed by atoms with van der Waals surface area (Å²) in [7, 11) is 0. The smallest absolute Gasteiger partial charge is 0.408 e. The fourth-order valence-electron chi connectivity index (χ4n) is 1.38. The summed E-state index contributed by atoms with van der Waals surface area (Å²) in [4.78, 5) is 10.7. The lowest BCUT2D eigenvalue weighted by Gasteiger charge is -2.26. The van der Waals surface area contributed by atoms with Crippen molar-refractivity contribution >= 4 is 6.09 Å². The molecule has 6 nitrogen and oxygen atoms in total. The monoisotopic (exact) mass is 187 g/mol. The number of amides is 1. The van der Waals surface area contributed by atoms with E-state index in [9.17, 15) is 4.79 Å². The van der Waals surface area contributed by atoms with Crippen molar-refractivity contribution in [2.75, 3.05) is 26.3 Å². The highest BCUT2D eigenvalue weighted by Gasteiger charge is 2.25. The molecule has 0 radical (unpaired) electrons. The van der Waals surface area contributed by atoms with Crippen molar-refractivity contribution in [2.45, 2.75) is 12.4 Å². The van der Waals surface area contributed by atoms with Gasteiger partial charge in [0.2, 0.25) is 0 Å². The second-order valence-corrected chi connectivity index (χ2v) is 3.02. The van der Waals surface area contributed by atoms with Gasteiger partial charge in [-0.05, 0) is 0 Å². The van der Waals surface area contributed by atoms with Crippen LogP contribution in [0.2, 0.25) is 0 Å².